The fraction of sp³-hybridized carbons (Fsp3) is 0.0769. The minimum atomic E-state index is -0.275. The molecule has 0 aliphatic heterocycles. The SMILES string of the molecule is Nc1ccc(CNc2ccccc2)c(F)c1. The van der Waals surface area contributed by atoms with Gasteiger partial charge in [0.1, 0.15) is 5.82 Å². The Hall–Kier alpha value is -2.03. The smallest absolute Gasteiger partial charge is 0.130 e. The molecule has 82 valence electrons. The largest absolute Gasteiger partial charge is 0.399 e. The molecule has 0 fully saturated rings. The van der Waals surface area contributed by atoms with E-state index in [1.165, 1.54) is 6.07 Å². The molecule has 0 unspecified atom stereocenters. The van der Waals surface area contributed by atoms with E-state index < -0.39 is 0 Å². The highest BCUT2D eigenvalue weighted by Crippen LogP contribution is 2.14. The molecule has 2 nitrogen and oxygen atoms in total. The molecule has 0 heterocycles. The molecule has 2 rings (SSSR count). The van der Waals surface area contributed by atoms with Gasteiger partial charge in [0.05, 0.1) is 0 Å². The Morgan fingerprint density at radius 2 is 1.81 bits per heavy atom. The first-order valence-corrected chi connectivity index (χ1v) is 5.08. The quantitative estimate of drug-likeness (QED) is 0.774. The monoisotopic (exact) mass is 216 g/mol. The number of para-hydroxylation sites is 1. The van der Waals surface area contributed by atoms with E-state index in [0.29, 0.717) is 17.8 Å². The second kappa shape index (κ2) is 4.66. The molecule has 0 radical (unpaired) electrons. The van der Waals surface area contributed by atoms with Gasteiger partial charge in [-0.15, -0.1) is 0 Å². The summed E-state index contributed by atoms with van der Waals surface area (Å²) in [7, 11) is 0. The number of hydrogen-bond donors (Lipinski definition) is 2. The zero-order chi connectivity index (χ0) is 11.4. The van der Waals surface area contributed by atoms with Crippen LogP contribution >= 0.6 is 0 Å². The highest BCUT2D eigenvalue weighted by molar-refractivity contribution is 5.45. The fourth-order valence-electron chi connectivity index (χ4n) is 1.46. The number of hydrogen-bond acceptors (Lipinski definition) is 2. The van der Waals surface area contributed by atoms with Gasteiger partial charge in [-0.05, 0) is 24.3 Å². The Kier molecular flexibility index (Phi) is 3.05. The summed E-state index contributed by atoms with van der Waals surface area (Å²) in [5.41, 5.74) is 7.50. The third kappa shape index (κ3) is 2.51. The third-order valence-corrected chi connectivity index (χ3v) is 2.33. The van der Waals surface area contributed by atoms with E-state index in [1.807, 2.05) is 30.3 Å². The van der Waals surface area contributed by atoms with E-state index in [9.17, 15) is 4.39 Å². The minimum Gasteiger partial charge on any atom is -0.399 e. The predicted molar refractivity (Wildman–Crippen MR) is 64.6 cm³/mol. The van der Waals surface area contributed by atoms with Crippen molar-refractivity contribution in [1.29, 1.82) is 0 Å². The average molecular weight is 216 g/mol. The van der Waals surface area contributed by atoms with Crippen LogP contribution in [0.5, 0.6) is 0 Å². The Morgan fingerprint density at radius 1 is 1.06 bits per heavy atom. The summed E-state index contributed by atoms with van der Waals surface area (Å²) in [6.07, 6.45) is 0. The molecule has 0 aromatic heterocycles. The van der Waals surface area contributed by atoms with E-state index in [1.54, 1.807) is 12.1 Å². The van der Waals surface area contributed by atoms with E-state index in [4.69, 9.17) is 5.73 Å². The van der Waals surface area contributed by atoms with Crippen molar-refractivity contribution in [3.8, 4) is 0 Å². The minimum absolute atomic E-state index is 0.275. The Labute approximate surface area is 93.9 Å². The van der Waals surface area contributed by atoms with Crippen LogP contribution in [0.2, 0.25) is 0 Å². The molecule has 0 amide bonds. The molecule has 2 aromatic carbocycles. The van der Waals surface area contributed by atoms with Crippen LogP contribution in [0, 0.1) is 5.82 Å². The number of benzene rings is 2. The number of anilines is 2. The van der Waals surface area contributed by atoms with E-state index in [0.717, 1.165) is 5.69 Å². The van der Waals surface area contributed by atoms with Gasteiger partial charge in [-0.1, -0.05) is 24.3 Å². The van der Waals surface area contributed by atoms with Crippen LogP contribution in [-0.4, -0.2) is 0 Å². The van der Waals surface area contributed by atoms with Gasteiger partial charge >= 0.3 is 0 Å². The highest BCUT2D eigenvalue weighted by Gasteiger charge is 2.01. The van der Waals surface area contributed by atoms with Gasteiger partial charge in [0.15, 0.2) is 0 Å². The molecular weight excluding hydrogens is 203 g/mol. The van der Waals surface area contributed by atoms with Crippen molar-refractivity contribution >= 4 is 11.4 Å². The number of rotatable bonds is 3. The molecule has 16 heavy (non-hydrogen) atoms. The molecule has 0 bridgehead atoms. The Balaban J connectivity index is 2.05. The lowest BCUT2D eigenvalue weighted by atomic mass is 10.2. The molecule has 0 saturated heterocycles. The van der Waals surface area contributed by atoms with Crippen molar-refractivity contribution in [1.82, 2.24) is 0 Å². The van der Waals surface area contributed by atoms with Crippen LogP contribution in [0.15, 0.2) is 48.5 Å². The molecule has 0 atom stereocenters. The zero-order valence-corrected chi connectivity index (χ0v) is 8.78. The summed E-state index contributed by atoms with van der Waals surface area (Å²) in [4.78, 5) is 0. The van der Waals surface area contributed by atoms with Crippen molar-refractivity contribution in [3.63, 3.8) is 0 Å². The van der Waals surface area contributed by atoms with Crippen LogP contribution < -0.4 is 11.1 Å². The molecule has 0 aliphatic carbocycles. The molecule has 0 spiro atoms. The summed E-state index contributed by atoms with van der Waals surface area (Å²) in [6, 6.07) is 14.4. The van der Waals surface area contributed by atoms with Crippen molar-refractivity contribution < 1.29 is 4.39 Å². The van der Waals surface area contributed by atoms with Crippen LogP contribution in [0.3, 0.4) is 0 Å². The maximum absolute atomic E-state index is 13.4. The van der Waals surface area contributed by atoms with Crippen molar-refractivity contribution in [2.75, 3.05) is 11.1 Å². The molecule has 2 aromatic rings. The Bertz CT molecular complexity index is 469. The Morgan fingerprint density at radius 3 is 2.50 bits per heavy atom. The number of nitrogens with two attached hydrogens (primary N) is 1. The van der Waals surface area contributed by atoms with Gasteiger partial charge in [0, 0.05) is 23.5 Å². The van der Waals surface area contributed by atoms with Crippen molar-refractivity contribution in [2.24, 2.45) is 0 Å². The predicted octanol–water partition coefficient (Wildman–Crippen LogP) is 3.02. The molecule has 3 N–H and O–H groups in total. The summed E-state index contributed by atoms with van der Waals surface area (Å²) in [5, 5.41) is 3.14. The molecular formula is C13H13FN2. The van der Waals surface area contributed by atoms with Crippen molar-refractivity contribution in [2.45, 2.75) is 6.54 Å². The molecule has 0 aliphatic rings. The average Bonchev–Trinajstić information content (AvgIpc) is 2.29. The number of nitrogen functional groups attached to an aromatic ring is 1. The second-order valence-corrected chi connectivity index (χ2v) is 3.57. The van der Waals surface area contributed by atoms with Crippen LogP contribution in [0.25, 0.3) is 0 Å². The van der Waals surface area contributed by atoms with E-state index in [-0.39, 0.29) is 5.82 Å². The maximum Gasteiger partial charge on any atom is 0.130 e. The fourth-order valence-corrected chi connectivity index (χ4v) is 1.46. The summed E-state index contributed by atoms with van der Waals surface area (Å²) in [6.45, 7) is 0.454. The summed E-state index contributed by atoms with van der Waals surface area (Å²) in [5.74, 6) is -0.275. The molecule has 3 heteroatoms. The first kappa shape index (κ1) is 10.5. The van der Waals surface area contributed by atoms with Gasteiger partial charge in [-0.25, -0.2) is 4.39 Å². The number of halogens is 1. The lowest BCUT2D eigenvalue weighted by molar-refractivity contribution is 0.613. The second-order valence-electron chi connectivity index (χ2n) is 3.57. The third-order valence-electron chi connectivity index (χ3n) is 2.33. The van der Waals surface area contributed by atoms with E-state index in [2.05, 4.69) is 5.32 Å². The van der Waals surface area contributed by atoms with Gasteiger partial charge in [-0.3, -0.25) is 0 Å². The zero-order valence-electron chi connectivity index (χ0n) is 8.78. The lowest BCUT2D eigenvalue weighted by Gasteiger charge is -2.07. The summed E-state index contributed by atoms with van der Waals surface area (Å²) >= 11 is 0. The topological polar surface area (TPSA) is 38.0 Å². The van der Waals surface area contributed by atoms with Crippen LogP contribution in [0.4, 0.5) is 15.8 Å². The standard InChI is InChI=1S/C13H13FN2/c14-13-8-11(15)7-6-10(13)9-16-12-4-2-1-3-5-12/h1-8,16H,9,15H2. The maximum atomic E-state index is 13.4. The normalized spacial score (nSPS) is 10.1. The first-order valence-electron chi connectivity index (χ1n) is 5.08. The van der Waals surface area contributed by atoms with Gasteiger partial charge in [-0.2, -0.15) is 0 Å². The lowest BCUT2D eigenvalue weighted by Crippen LogP contribution is -2.02. The van der Waals surface area contributed by atoms with Crippen LogP contribution in [0.1, 0.15) is 5.56 Å². The molecule has 0 saturated carbocycles. The highest BCUT2D eigenvalue weighted by atomic mass is 19.1. The van der Waals surface area contributed by atoms with E-state index >= 15 is 0 Å². The van der Waals surface area contributed by atoms with Gasteiger partial charge in [0.2, 0.25) is 0 Å². The van der Waals surface area contributed by atoms with Gasteiger partial charge < -0.3 is 11.1 Å². The first-order chi connectivity index (χ1) is 7.75. The summed E-state index contributed by atoms with van der Waals surface area (Å²) < 4.78 is 13.4. The van der Waals surface area contributed by atoms with Gasteiger partial charge in [0.25, 0.3) is 0 Å². The van der Waals surface area contributed by atoms with Crippen molar-refractivity contribution in [3.05, 3.63) is 59.9 Å². The number of nitrogens with one attached hydrogen (secondary N) is 1. The van der Waals surface area contributed by atoms with Crippen LogP contribution in [-0.2, 0) is 6.54 Å².